The molecule has 4 N–H and O–H groups in total. The molecule has 0 atom stereocenters. The van der Waals surface area contributed by atoms with E-state index in [1.165, 1.54) is 12.1 Å². The first-order valence-corrected chi connectivity index (χ1v) is 13.3. The summed E-state index contributed by atoms with van der Waals surface area (Å²) in [5.74, 6) is 6.53. The highest BCUT2D eigenvalue weighted by Gasteiger charge is 2.29. The quantitative estimate of drug-likeness (QED) is 0.0888. The highest BCUT2D eigenvalue weighted by Crippen LogP contribution is 2.30. The lowest BCUT2D eigenvalue weighted by atomic mass is 9.98. The topological polar surface area (TPSA) is 91.5 Å². The Labute approximate surface area is 236 Å². The van der Waals surface area contributed by atoms with E-state index in [-0.39, 0.29) is 19.0 Å². The molecule has 0 radical (unpaired) electrons. The maximum absolute atomic E-state index is 12.9. The number of hydrogen-bond donors (Lipinski definition) is 2. The molecule has 0 aliphatic carbocycles. The van der Waals surface area contributed by atoms with Crippen LogP contribution >= 0.6 is 11.6 Å². The van der Waals surface area contributed by atoms with Crippen molar-refractivity contribution in [2.45, 2.75) is 52.1 Å². The number of alkyl halides is 3. The van der Waals surface area contributed by atoms with Gasteiger partial charge in [-0.25, -0.2) is 4.98 Å². The molecule has 40 heavy (non-hydrogen) atoms. The van der Waals surface area contributed by atoms with Crippen molar-refractivity contribution in [3.8, 4) is 11.1 Å². The Hall–Kier alpha value is -3.82. The van der Waals surface area contributed by atoms with Crippen LogP contribution in [0.15, 0.2) is 77.9 Å². The molecule has 0 unspecified atom stereocenters. The van der Waals surface area contributed by atoms with Gasteiger partial charge >= 0.3 is 6.18 Å². The lowest BCUT2D eigenvalue weighted by Gasteiger charge is -2.14. The van der Waals surface area contributed by atoms with Gasteiger partial charge in [0.2, 0.25) is 0 Å². The van der Waals surface area contributed by atoms with Crippen molar-refractivity contribution in [3.63, 3.8) is 0 Å². The second kappa shape index (κ2) is 13.0. The monoisotopic (exact) mass is 569 g/mol. The van der Waals surface area contributed by atoms with Gasteiger partial charge in [-0.2, -0.15) is 18.3 Å². The zero-order valence-corrected chi connectivity index (χ0v) is 22.8. The number of unbranched alkanes of at least 4 members (excludes halogenated alkanes) is 1. The molecule has 0 aliphatic rings. The van der Waals surface area contributed by atoms with Gasteiger partial charge in [-0.1, -0.05) is 85.6 Å². The number of ether oxygens (including phenoxy) is 1. The summed E-state index contributed by atoms with van der Waals surface area (Å²) < 4.78 is 46.5. The van der Waals surface area contributed by atoms with E-state index in [0.717, 1.165) is 65.2 Å². The highest BCUT2D eigenvalue weighted by molar-refractivity contribution is 6.30. The summed E-state index contributed by atoms with van der Waals surface area (Å²) in [7, 11) is 0. The Morgan fingerprint density at radius 1 is 0.975 bits per heavy atom. The molecule has 0 amide bonds. The molecule has 0 saturated heterocycles. The van der Waals surface area contributed by atoms with E-state index in [0.29, 0.717) is 17.3 Å². The van der Waals surface area contributed by atoms with Gasteiger partial charge in [0, 0.05) is 18.5 Å². The summed E-state index contributed by atoms with van der Waals surface area (Å²) in [4.78, 5) is 4.60. The first-order valence-electron chi connectivity index (χ1n) is 12.9. The van der Waals surface area contributed by atoms with Crippen LogP contribution in [0, 0.1) is 0 Å². The molecule has 4 aromatic rings. The van der Waals surface area contributed by atoms with Gasteiger partial charge in [0.15, 0.2) is 11.0 Å². The Morgan fingerprint density at radius 2 is 1.65 bits per heavy atom. The normalized spacial score (nSPS) is 12.2. The molecule has 3 aromatic carbocycles. The molecule has 0 saturated carbocycles. The van der Waals surface area contributed by atoms with Crippen LogP contribution in [0.25, 0.3) is 11.1 Å². The number of aryl methyl sites for hydroxylation is 1. The van der Waals surface area contributed by atoms with Crippen molar-refractivity contribution in [2.24, 2.45) is 16.7 Å². The highest BCUT2D eigenvalue weighted by atomic mass is 35.5. The molecule has 0 spiro atoms. The Kier molecular flexibility index (Phi) is 9.50. The van der Waals surface area contributed by atoms with Gasteiger partial charge in [0.1, 0.15) is 5.82 Å². The molecule has 4 rings (SSSR count). The van der Waals surface area contributed by atoms with Gasteiger partial charge in [0.25, 0.3) is 0 Å². The Bertz CT molecular complexity index is 1450. The number of hydrazone groups is 1. The molecular weight excluding hydrogens is 539 g/mol. The summed E-state index contributed by atoms with van der Waals surface area (Å²) >= 11 is 6.54. The van der Waals surface area contributed by atoms with Crippen LogP contribution < -0.4 is 11.6 Å². The number of aromatic nitrogens is 2. The van der Waals surface area contributed by atoms with Crippen LogP contribution in [0.1, 0.15) is 53.5 Å². The number of imidazole rings is 1. The first-order chi connectivity index (χ1) is 19.2. The second-order valence-corrected chi connectivity index (χ2v) is 9.76. The number of nitrogens with zero attached hydrogens (tertiary/aromatic N) is 3. The third-order valence-corrected chi connectivity index (χ3v) is 6.90. The van der Waals surface area contributed by atoms with Gasteiger partial charge in [-0.05, 0) is 40.8 Å². The van der Waals surface area contributed by atoms with E-state index >= 15 is 0 Å². The fourth-order valence-electron chi connectivity index (χ4n) is 4.41. The SMILES string of the molecule is CCCCc1nc(Cl)c(COCc2ccc(C(F)(F)F)cc2)n1Cc1ccc(-c2ccccc2/C(N)=N/N)cc1. The van der Waals surface area contributed by atoms with E-state index in [1.54, 1.807) is 0 Å². The molecule has 0 fully saturated rings. The van der Waals surface area contributed by atoms with Crippen molar-refractivity contribution in [2.75, 3.05) is 0 Å². The fraction of sp³-hybridized carbons (Fsp3) is 0.267. The van der Waals surface area contributed by atoms with Crippen LogP contribution in [0.2, 0.25) is 5.15 Å². The van der Waals surface area contributed by atoms with Crippen molar-refractivity contribution in [1.82, 2.24) is 9.55 Å². The number of rotatable bonds is 11. The predicted octanol–water partition coefficient (Wildman–Crippen LogP) is 6.91. The minimum Gasteiger partial charge on any atom is -0.382 e. The molecule has 0 aliphatic heterocycles. The van der Waals surface area contributed by atoms with E-state index < -0.39 is 11.7 Å². The second-order valence-electron chi connectivity index (χ2n) is 9.40. The van der Waals surface area contributed by atoms with Gasteiger partial charge in [0.05, 0.1) is 24.5 Å². The number of amidine groups is 1. The molecule has 0 bridgehead atoms. The smallest absolute Gasteiger partial charge is 0.382 e. The maximum atomic E-state index is 12.9. The average molecular weight is 570 g/mol. The minimum absolute atomic E-state index is 0.146. The number of halogens is 4. The summed E-state index contributed by atoms with van der Waals surface area (Å²) in [6.45, 7) is 2.96. The Balaban J connectivity index is 1.52. The summed E-state index contributed by atoms with van der Waals surface area (Å²) in [5, 5.41) is 4.00. The van der Waals surface area contributed by atoms with E-state index in [4.69, 9.17) is 27.9 Å². The zero-order chi connectivity index (χ0) is 28.7. The number of hydrogen-bond acceptors (Lipinski definition) is 4. The van der Waals surface area contributed by atoms with Crippen molar-refractivity contribution in [3.05, 3.63) is 112 Å². The third-order valence-electron chi connectivity index (χ3n) is 6.59. The van der Waals surface area contributed by atoms with Gasteiger partial charge in [-0.3, -0.25) is 0 Å². The van der Waals surface area contributed by atoms with Crippen LogP contribution in [0.5, 0.6) is 0 Å². The molecular formula is C30H31ClF3N5O. The van der Waals surface area contributed by atoms with E-state index in [1.807, 2.05) is 48.5 Å². The van der Waals surface area contributed by atoms with E-state index in [9.17, 15) is 13.2 Å². The largest absolute Gasteiger partial charge is 0.416 e. The van der Waals surface area contributed by atoms with Gasteiger partial charge < -0.3 is 20.9 Å². The molecule has 1 aromatic heterocycles. The Morgan fingerprint density at radius 3 is 2.30 bits per heavy atom. The first kappa shape index (κ1) is 29.2. The minimum atomic E-state index is -4.37. The lowest BCUT2D eigenvalue weighted by molar-refractivity contribution is -0.137. The van der Waals surface area contributed by atoms with Crippen LogP contribution in [-0.2, 0) is 37.1 Å². The summed E-state index contributed by atoms with van der Waals surface area (Å²) in [5.41, 5.74) is 10.3. The summed E-state index contributed by atoms with van der Waals surface area (Å²) in [6, 6.07) is 20.7. The maximum Gasteiger partial charge on any atom is 0.416 e. The van der Waals surface area contributed by atoms with Crippen LogP contribution in [0.4, 0.5) is 13.2 Å². The zero-order valence-electron chi connectivity index (χ0n) is 22.1. The predicted molar refractivity (Wildman–Crippen MR) is 152 cm³/mol. The molecule has 1 heterocycles. The molecule has 6 nitrogen and oxygen atoms in total. The van der Waals surface area contributed by atoms with Crippen molar-refractivity contribution in [1.29, 1.82) is 0 Å². The third kappa shape index (κ3) is 7.03. The lowest BCUT2D eigenvalue weighted by Crippen LogP contribution is -2.16. The van der Waals surface area contributed by atoms with Crippen molar-refractivity contribution >= 4 is 17.4 Å². The van der Waals surface area contributed by atoms with Crippen LogP contribution in [0.3, 0.4) is 0 Å². The average Bonchev–Trinajstić information content (AvgIpc) is 3.25. The standard InChI is InChI=1S/C30H31ClF3N5O/c1-2-3-8-27-37-28(31)26(19-40-18-21-11-15-23(16-12-21)30(32,33)34)39(27)17-20-9-13-22(14-10-20)24-6-4-5-7-25(24)29(35)38-36/h4-7,9-16H,2-3,8,17-19,36H2,1H3,(H2,35,38). The number of nitrogens with two attached hydrogens (primary N) is 2. The van der Waals surface area contributed by atoms with E-state index in [2.05, 4.69) is 21.6 Å². The summed E-state index contributed by atoms with van der Waals surface area (Å²) in [6.07, 6.45) is -1.65. The molecule has 10 heteroatoms. The molecule has 210 valence electrons. The van der Waals surface area contributed by atoms with Crippen LogP contribution in [-0.4, -0.2) is 15.4 Å². The fourth-order valence-corrected chi connectivity index (χ4v) is 4.66. The van der Waals surface area contributed by atoms with Gasteiger partial charge in [-0.15, -0.1) is 0 Å². The van der Waals surface area contributed by atoms with Crippen molar-refractivity contribution < 1.29 is 17.9 Å². The number of benzene rings is 3.